The van der Waals surface area contributed by atoms with Crippen molar-refractivity contribution in [3.8, 4) is 0 Å². The van der Waals surface area contributed by atoms with Gasteiger partial charge in [-0.2, -0.15) is 0 Å². The smallest absolute Gasteiger partial charge is 0.0456 e. The Labute approximate surface area is 136 Å². The second-order valence-corrected chi connectivity index (χ2v) is 6.05. The third kappa shape index (κ3) is 2.73. The van der Waals surface area contributed by atoms with Gasteiger partial charge < -0.3 is 10.3 Å². The van der Waals surface area contributed by atoms with Crippen molar-refractivity contribution in [1.29, 1.82) is 0 Å². The molecule has 0 saturated heterocycles. The molecular formula is C21H20N2. The van der Waals surface area contributed by atoms with E-state index in [-0.39, 0.29) is 0 Å². The Kier molecular flexibility index (Phi) is 3.60. The Morgan fingerprint density at radius 1 is 0.870 bits per heavy atom. The lowest BCUT2D eigenvalue weighted by molar-refractivity contribution is 0.573. The topological polar surface area (TPSA) is 27.8 Å². The number of para-hydroxylation sites is 1. The Morgan fingerprint density at radius 3 is 2.48 bits per heavy atom. The van der Waals surface area contributed by atoms with Crippen LogP contribution in [0.25, 0.3) is 21.7 Å². The lowest BCUT2D eigenvalue weighted by atomic mass is 10.00. The summed E-state index contributed by atoms with van der Waals surface area (Å²) in [4.78, 5) is 3.48. The van der Waals surface area contributed by atoms with Gasteiger partial charge in [0.2, 0.25) is 0 Å². The molecule has 2 N–H and O–H groups in total. The van der Waals surface area contributed by atoms with Crippen LogP contribution in [0.5, 0.6) is 0 Å². The third-order valence-electron chi connectivity index (χ3n) is 4.47. The maximum absolute atomic E-state index is 3.64. The molecule has 0 aliphatic rings. The summed E-state index contributed by atoms with van der Waals surface area (Å²) < 4.78 is 0. The highest BCUT2D eigenvalue weighted by molar-refractivity contribution is 5.86. The van der Waals surface area contributed by atoms with Crippen molar-refractivity contribution in [1.82, 2.24) is 10.3 Å². The number of aromatic nitrogens is 1. The minimum Gasteiger partial charge on any atom is -0.357 e. The SMILES string of the molecule is C[C@@H](NCc1cc2ccccc2[nH]1)c1cccc2ccccc12. The number of H-pyrrole nitrogens is 1. The van der Waals surface area contributed by atoms with Gasteiger partial charge in [0, 0.05) is 23.8 Å². The molecule has 0 aliphatic carbocycles. The molecular weight excluding hydrogens is 280 g/mol. The molecule has 0 amide bonds. The van der Waals surface area contributed by atoms with Crippen molar-refractivity contribution in [3.05, 3.63) is 84.1 Å². The van der Waals surface area contributed by atoms with Gasteiger partial charge in [-0.15, -0.1) is 0 Å². The summed E-state index contributed by atoms with van der Waals surface area (Å²) >= 11 is 0. The molecule has 0 spiro atoms. The average molecular weight is 300 g/mol. The van der Waals surface area contributed by atoms with E-state index >= 15 is 0 Å². The van der Waals surface area contributed by atoms with Crippen LogP contribution in [0.3, 0.4) is 0 Å². The fourth-order valence-electron chi connectivity index (χ4n) is 3.23. The predicted molar refractivity (Wildman–Crippen MR) is 97.5 cm³/mol. The Balaban J connectivity index is 1.56. The van der Waals surface area contributed by atoms with E-state index in [4.69, 9.17) is 0 Å². The first-order valence-electron chi connectivity index (χ1n) is 8.09. The van der Waals surface area contributed by atoms with Crippen molar-refractivity contribution >= 4 is 21.7 Å². The number of hydrogen-bond donors (Lipinski definition) is 2. The number of aromatic amines is 1. The molecule has 0 aliphatic heterocycles. The van der Waals surface area contributed by atoms with E-state index in [1.165, 1.54) is 32.9 Å². The van der Waals surface area contributed by atoms with E-state index in [1.807, 2.05) is 0 Å². The summed E-state index contributed by atoms with van der Waals surface area (Å²) in [5, 5.41) is 7.52. The molecule has 4 rings (SSSR count). The first-order chi connectivity index (χ1) is 11.3. The lowest BCUT2D eigenvalue weighted by Crippen LogP contribution is -2.18. The fraction of sp³-hybridized carbons (Fsp3) is 0.143. The van der Waals surface area contributed by atoms with Crippen molar-refractivity contribution in [2.45, 2.75) is 19.5 Å². The van der Waals surface area contributed by atoms with Gasteiger partial charge >= 0.3 is 0 Å². The maximum atomic E-state index is 3.64. The molecule has 1 aromatic heterocycles. The predicted octanol–water partition coefficient (Wildman–Crippen LogP) is 5.17. The zero-order valence-corrected chi connectivity index (χ0v) is 13.2. The van der Waals surface area contributed by atoms with Crippen LogP contribution in [-0.2, 0) is 6.54 Å². The van der Waals surface area contributed by atoms with Gasteiger partial charge in [-0.1, -0.05) is 60.7 Å². The number of fused-ring (bicyclic) bond motifs is 2. The highest BCUT2D eigenvalue weighted by Crippen LogP contribution is 2.24. The molecule has 0 unspecified atom stereocenters. The highest BCUT2D eigenvalue weighted by atomic mass is 14.9. The minimum atomic E-state index is 0.299. The first-order valence-corrected chi connectivity index (χ1v) is 8.09. The molecule has 0 radical (unpaired) electrons. The lowest BCUT2D eigenvalue weighted by Gasteiger charge is -2.16. The summed E-state index contributed by atoms with van der Waals surface area (Å²) in [6.45, 7) is 3.06. The summed E-state index contributed by atoms with van der Waals surface area (Å²) in [6.07, 6.45) is 0. The van der Waals surface area contributed by atoms with Gasteiger partial charge in [0.15, 0.2) is 0 Å². The maximum Gasteiger partial charge on any atom is 0.0456 e. The Bertz CT molecular complexity index is 914. The highest BCUT2D eigenvalue weighted by Gasteiger charge is 2.09. The van der Waals surface area contributed by atoms with Gasteiger partial charge in [-0.3, -0.25) is 0 Å². The van der Waals surface area contributed by atoms with Crippen molar-refractivity contribution in [3.63, 3.8) is 0 Å². The van der Waals surface area contributed by atoms with Crippen LogP contribution in [0.15, 0.2) is 72.8 Å². The molecule has 1 heterocycles. The van der Waals surface area contributed by atoms with Crippen LogP contribution in [0.2, 0.25) is 0 Å². The van der Waals surface area contributed by atoms with Crippen molar-refractivity contribution in [2.75, 3.05) is 0 Å². The molecule has 0 fully saturated rings. The molecule has 4 aromatic rings. The van der Waals surface area contributed by atoms with Crippen LogP contribution in [-0.4, -0.2) is 4.98 Å². The van der Waals surface area contributed by atoms with Crippen LogP contribution in [0.4, 0.5) is 0 Å². The third-order valence-corrected chi connectivity index (χ3v) is 4.47. The Hall–Kier alpha value is -2.58. The molecule has 114 valence electrons. The van der Waals surface area contributed by atoms with Gasteiger partial charge in [0.1, 0.15) is 0 Å². The number of hydrogen-bond acceptors (Lipinski definition) is 1. The molecule has 0 bridgehead atoms. The van der Waals surface area contributed by atoms with Crippen LogP contribution in [0, 0.1) is 0 Å². The number of benzene rings is 3. The first kappa shape index (κ1) is 14.0. The monoisotopic (exact) mass is 300 g/mol. The van der Waals surface area contributed by atoms with Gasteiger partial charge in [0.05, 0.1) is 0 Å². The summed E-state index contributed by atoms with van der Waals surface area (Å²) in [6, 6.07) is 26.0. The zero-order valence-electron chi connectivity index (χ0n) is 13.2. The normalized spacial score (nSPS) is 12.7. The summed E-state index contributed by atoms with van der Waals surface area (Å²) in [5.41, 5.74) is 3.76. The molecule has 23 heavy (non-hydrogen) atoms. The standard InChI is InChI=1S/C21H20N2/c1-15(19-11-6-9-16-7-2-4-10-20(16)19)22-14-18-13-17-8-3-5-12-21(17)23-18/h2-13,15,22-23H,14H2,1H3/t15-/m1/s1. The average Bonchev–Trinajstić information content (AvgIpc) is 3.02. The van der Waals surface area contributed by atoms with E-state index in [1.54, 1.807) is 0 Å². The van der Waals surface area contributed by atoms with Crippen LogP contribution >= 0.6 is 0 Å². The van der Waals surface area contributed by atoms with Crippen LogP contribution < -0.4 is 5.32 Å². The fourth-order valence-corrected chi connectivity index (χ4v) is 3.23. The summed E-state index contributed by atoms with van der Waals surface area (Å²) in [5.74, 6) is 0. The molecule has 1 atom stereocenters. The van der Waals surface area contributed by atoms with Gasteiger partial charge in [-0.25, -0.2) is 0 Å². The second kappa shape index (κ2) is 5.90. The molecule has 0 saturated carbocycles. The van der Waals surface area contributed by atoms with E-state index in [9.17, 15) is 0 Å². The van der Waals surface area contributed by atoms with Crippen molar-refractivity contribution in [2.24, 2.45) is 0 Å². The largest absolute Gasteiger partial charge is 0.357 e. The number of rotatable bonds is 4. The molecule has 2 nitrogen and oxygen atoms in total. The Morgan fingerprint density at radius 2 is 1.61 bits per heavy atom. The molecule has 2 heteroatoms. The molecule has 3 aromatic carbocycles. The van der Waals surface area contributed by atoms with E-state index < -0.39 is 0 Å². The van der Waals surface area contributed by atoms with E-state index in [0.29, 0.717) is 6.04 Å². The zero-order chi connectivity index (χ0) is 15.6. The van der Waals surface area contributed by atoms with E-state index in [0.717, 1.165) is 6.54 Å². The van der Waals surface area contributed by atoms with Crippen molar-refractivity contribution < 1.29 is 0 Å². The van der Waals surface area contributed by atoms with Gasteiger partial charge in [-0.05, 0) is 40.8 Å². The minimum absolute atomic E-state index is 0.299. The van der Waals surface area contributed by atoms with E-state index in [2.05, 4.69) is 90.0 Å². The number of nitrogens with one attached hydrogen (secondary N) is 2. The quantitative estimate of drug-likeness (QED) is 0.534. The van der Waals surface area contributed by atoms with Crippen LogP contribution in [0.1, 0.15) is 24.2 Å². The second-order valence-electron chi connectivity index (χ2n) is 6.05. The summed E-state index contributed by atoms with van der Waals surface area (Å²) in [7, 11) is 0. The van der Waals surface area contributed by atoms with Gasteiger partial charge in [0.25, 0.3) is 0 Å².